The summed E-state index contributed by atoms with van der Waals surface area (Å²) in [4.78, 5) is 14.3. The Hall–Kier alpha value is -1.05. The molecular formula is C14H12Cl3N3O2S. The molecule has 1 N–H and O–H groups in total. The van der Waals surface area contributed by atoms with Crippen LogP contribution >= 0.6 is 46.3 Å². The standard InChI is InChI=1S/C14H12Cl3N3O2S/c15-9-7-8(1-2-10(9)20-3-5-22-6-4-20)18-14(21)12-11(16)13(17)23-19-12/h1-2,7H,3-6H2,(H,18,21). The Labute approximate surface area is 152 Å². The Bertz CT molecular complexity index is 732. The van der Waals surface area contributed by atoms with Gasteiger partial charge in [-0.05, 0) is 29.7 Å². The van der Waals surface area contributed by atoms with Crippen molar-refractivity contribution in [3.05, 3.63) is 38.3 Å². The van der Waals surface area contributed by atoms with Crippen LogP contribution in [0.5, 0.6) is 0 Å². The van der Waals surface area contributed by atoms with Crippen molar-refractivity contribution in [1.29, 1.82) is 0 Å². The van der Waals surface area contributed by atoms with Crippen molar-refractivity contribution in [3.63, 3.8) is 0 Å². The van der Waals surface area contributed by atoms with E-state index in [1.54, 1.807) is 12.1 Å². The van der Waals surface area contributed by atoms with Gasteiger partial charge in [0, 0.05) is 18.8 Å². The number of nitrogens with one attached hydrogen (secondary N) is 1. The largest absolute Gasteiger partial charge is 0.378 e. The predicted molar refractivity (Wildman–Crippen MR) is 94.6 cm³/mol. The summed E-state index contributed by atoms with van der Waals surface area (Å²) in [6.07, 6.45) is 0. The molecule has 1 aliphatic rings. The zero-order chi connectivity index (χ0) is 16.4. The van der Waals surface area contributed by atoms with E-state index in [2.05, 4.69) is 14.6 Å². The number of rotatable bonds is 3. The minimum atomic E-state index is -0.423. The maximum atomic E-state index is 12.2. The van der Waals surface area contributed by atoms with E-state index in [0.29, 0.717) is 23.9 Å². The van der Waals surface area contributed by atoms with Crippen molar-refractivity contribution in [1.82, 2.24) is 4.37 Å². The van der Waals surface area contributed by atoms with Gasteiger partial charge in [-0.15, -0.1) is 0 Å². The van der Waals surface area contributed by atoms with Gasteiger partial charge in [0.15, 0.2) is 5.69 Å². The van der Waals surface area contributed by atoms with Crippen LogP contribution < -0.4 is 10.2 Å². The second kappa shape index (κ2) is 7.23. The first-order valence-electron chi connectivity index (χ1n) is 6.80. The number of benzene rings is 1. The molecule has 23 heavy (non-hydrogen) atoms. The number of nitrogens with zero attached hydrogens (tertiary/aromatic N) is 2. The van der Waals surface area contributed by atoms with Crippen LogP contribution in [0, 0.1) is 0 Å². The van der Waals surface area contributed by atoms with Crippen LogP contribution in [0.1, 0.15) is 10.5 Å². The van der Waals surface area contributed by atoms with Crippen molar-refractivity contribution in [2.75, 3.05) is 36.5 Å². The number of hydrogen-bond donors (Lipinski definition) is 1. The second-order valence-electron chi connectivity index (χ2n) is 4.84. The number of anilines is 2. The normalized spacial score (nSPS) is 14.8. The molecule has 0 aliphatic carbocycles. The van der Waals surface area contributed by atoms with Crippen molar-refractivity contribution in [3.8, 4) is 0 Å². The summed E-state index contributed by atoms with van der Waals surface area (Å²) >= 11 is 19.1. The lowest BCUT2D eigenvalue weighted by atomic mass is 10.2. The van der Waals surface area contributed by atoms with E-state index in [9.17, 15) is 4.79 Å². The van der Waals surface area contributed by atoms with Crippen molar-refractivity contribution >= 4 is 63.6 Å². The van der Waals surface area contributed by atoms with Gasteiger partial charge in [0.05, 0.1) is 23.9 Å². The first kappa shape index (κ1) is 16.8. The van der Waals surface area contributed by atoms with Crippen LogP contribution in [0.2, 0.25) is 14.4 Å². The van der Waals surface area contributed by atoms with Gasteiger partial charge in [0.2, 0.25) is 0 Å². The van der Waals surface area contributed by atoms with E-state index in [1.807, 2.05) is 6.07 Å². The highest BCUT2D eigenvalue weighted by Gasteiger charge is 2.19. The molecule has 0 spiro atoms. The third kappa shape index (κ3) is 3.72. The second-order valence-corrected chi connectivity index (χ2v) is 7.00. The Morgan fingerprint density at radius 1 is 1.26 bits per heavy atom. The average Bonchev–Trinajstić information content (AvgIpc) is 2.88. The molecule has 0 radical (unpaired) electrons. The number of amides is 1. The Morgan fingerprint density at radius 2 is 2.00 bits per heavy atom. The molecule has 1 amide bonds. The van der Waals surface area contributed by atoms with Crippen LogP contribution in [0.4, 0.5) is 11.4 Å². The molecule has 1 saturated heterocycles. The fourth-order valence-electron chi connectivity index (χ4n) is 2.24. The first-order chi connectivity index (χ1) is 11.1. The van der Waals surface area contributed by atoms with Crippen molar-refractivity contribution in [2.24, 2.45) is 0 Å². The van der Waals surface area contributed by atoms with E-state index < -0.39 is 5.91 Å². The summed E-state index contributed by atoms with van der Waals surface area (Å²) in [6.45, 7) is 2.94. The molecule has 1 aromatic heterocycles. The molecule has 2 aromatic rings. The van der Waals surface area contributed by atoms with E-state index in [1.165, 1.54) is 0 Å². The molecular weight excluding hydrogens is 381 g/mol. The van der Waals surface area contributed by atoms with Gasteiger partial charge in [-0.2, -0.15) is 4.37 Å². The number of carbonyl (C=O) groups is 1. The van der Waals surface area contributed by atoms with Gasteiger partial charge < -0.3 is 15.0 Å². The van der Waals surface area contributed by atoms with Gasteiger partial charge in [-0.3, -0.25) is 4.79 Å². The molecule has 1 aromatic carbocycles. The summed E-state index contributed by atoms with van der Waals surface area (Å²) < 4.78 is 9.55. The predicted octanol–water partition coefficient (Wildman–Crippen LogP) is 4.19. The lowest BCUT2D eigenvalue weighted by Gasteiger charge is -2.29. The summed E-state index contributed by atoms with van der Waals surface area (Å²) in [5, 5.41) is 3.44. The Morgan fingerprint density at radius 3 is 2.61 bits per heavy atom. The molecule has 1 aliphatic heterocycles. The minimum Gasteiger partial charge on any atom is -0.378 e. The summed E-state index contributed by atoms with van der Waals surface area (Å²) in [6, 6.07) is 5.36. The lowest BCUT2D eigenvalue weighted by Crippen LogP contribution is -2.36. The highest BCUT2D eigenvalue weighted by molar-refractivity contribution is 7.11. The average molecular weight is 393 g/mol. The van der Waals surface area contributed by atoms with Crippen molar-refractivity contribution in [2.45, 2.75) is 0 Å². The molecule has 0 saturated carbocycles. The highest BCUT2D eigenvalue weighted by atomic mass is 35.5. The van der Waals surface area contributed by atoms with Gasteiger partial charge in [-0.1, -0.05) is 34.8 Å². The fraction of sp³-hybridized carbons (Fsp3) is 0.286. The summed E-state index contributed by atoms with van der Waals surface area (Å²) in [7, 11) is 0. The van der Waals surface area contributed by atoms with Crippen LogP contribution in [-0.2, 0) is 4.74 Å². The highest BCUT2D eigenvalue weighted by Crippen LogP contribution is 2.32. The Kier molecular flexibility index (Phi) is 5.28. The first-order valence-corrected chi connectivity index (χ1v) is 8.71. The van der Waals surface area contributed by atoms with Crippen LogP contribution in [0.3, 0.4) is 0 Å². The third-order valence-electron chi connectivity index (χ3n) is 3.37. The van der Waals surface area contributed by atoms with Crippen LogP contribution in [0.25, 0.3) is 0 Å². The summed E-state index contributed by atoms with van der Waals surface area (Å²) in [5.41, 5.74) is 1.59. The number of morpholine rings is 1. The van der Waals surface area contributed by atoms with Gasteiger partial charge in [0.25, 0.3) is 5.91 Å². The van der Waals surface area contributed by atoms with E-state index in [4.69, 9.17) is 39.5 Å². The fourth-order valence-corrected chi connectivity index (χ4v) is 3.53. The zero-order valence-electron chi connectivity index (χ0n) is 11.8. The minimum absolute atomic E-state index is 0.107. The quantitative estimate of drug-likeness (QED) is 0.851. The Balaban J connectivity index is 1.75. The van der Waals surface area contributed by atoms with Crippen LogP contribution in [0.15, 0.2) is 18.2 Å². The maximum absolute atomic E-state index is 12.2. The topological polar surface area (TPSA) is 54.5 Å². The number of halogens is 3. The summed E-state index contributed by atoms with van der Waals surface area (Å²) in [5.74, 6) is -0.423. The van der Waals surface area contributed by atoms with Crippen LogP contribution in [-0.4, -0.2) is 36.6 Å². The number of carbonyl (C=O) groups excluding carboxylic acids is 1. The molecule has 2 heterocycles. The molecule has 9 heteroatoms. The van der Waals surface area contributed by atoms with Gasteiger partial charge in [0.1, 0.15) is 9.36 Å². The van der Waals surface area contributed by atoms with Gasteiger partial charge >= 0.3 is 0 Å². The molecule has 122 valence electrons. The molecule has 0 unspecified atom stereocenters. The van der Waals surface area contributed by atoms with E-state index in [0.717, 1.165) is 30.3 Å². The third-order valence-corrected chi connectivity index (χ3v) is 5.28. The monoisotopic (exact) mass is 391 g/mol. The van der Waals surface area contributed by atoms with E-state index in [-0.39, 0.29) is 15.1 Å². The molecule has 5 nitrogen and oxygen atoms in total. The zero-order valence-corrected chi connectivity index (χ0v) is 14.9. The van der Waals surface area contributed by atoms with Crippen molar-refractivity contribution < 1.29 is 9.53 Å². The molecule has 3 rings (SSSR count). The lowest BCUT2D eigenvalue weighted by molar-refractivity contribution is 0.102. The van der Waals surface area contributed by atoms with E-state index >= 15 is 0 Å². The SMILES string of the molecule is O=C(Nc1ccc(N2CCOCC2)c(Cl)c1)c1nsc(Cl)c1Cl. The number of aromatic nitrogens is 1. The molecule has 1 fully saturated rings. The molecule has 0 atom stereocenters. The smallest absolute Gasteiger partial charge is 0.276 e. The van der Waals surface area contributed by atoms with Gasteiger partial charge in [-0.25, -0.2) is 0 Å². The molecule has 0 bridgehead atoms. The number of ether oxygens (including phenoxy) is 1. The maximum Gasteiger partial charge on any atom is 0.276 e. The number of hydrogen-bond acceptors (Lipinski definition) is 5.